The van der Waals surface area contributed by atoms with Gasteiger partial charge in [-0.15, -0.1) is 5.10 Å². The number of anilines is 1. The van der Waals surface area contributed by atoms with Crippen LogP contribution in [0.25, 0.3) is 0 Å². The number of hydrogen-bond acceptors (Lipinski definition) is 6. The fourth-order valence-electron chi connectivity index (χ4n) is 0.876. The Morgan fingerprint density at radius 3 is 3.00 bits per heavy atom. The molecule has 0 bridgehead atoms. The number of carbonyl (C=O) groups is 1. The maximum atomic E-state index is 11.4. The Bertz CT molecular complexity index is 448. The summed E-state index contributed by atoms with van der Waals surface area (Å²) in [6.45, 7) is 0. The summed E-state index contributed by atoms with van der Waals surface area (Å²) in [5, 5.41) is 18.0. The number of ether oxygens (including phenoxy) is 1. The van der Waals surface area contributed by atoms with Gasteiger partial charge in [0.1, 0.15) is 0 Å². The minimum Gasteiger partial charge on any atom is -0.466 e. The van der Waals surface area contributed by atoms with Gasteiger partial charge >= 0.3 is 6.01 Å². The van der Waals surface area contributed by atoms with Crippen molar-refractivity contribution in [3.63, 3.8) is 0 Å². The predicted molar refractivity (Wildman–Crippen MR) is 47.3 cm³/mol. The van der Waals surface area contributed by atoms with E-state index in [4.69, 9.17) is 4.74 Å². The van der Waals surface area contributed by atoms with Gasteiger partial charge in [0.25, 0.3) is 5.91 Å². The van der Waals surface area contributed by atoms with Gasteiger partial charge in [0.05, 0.1) is 13.3 Å². The van der Waals surface area contributed by atoms with Crippen LogP contribution < -0.4 is 10.1 Å². The molecule has 0 atom stereocenters. The van der Waals surface area contributed by atoms with E-state index in [1.807, 2.05) is 0 Å². The number of aromatic nitrogens is 6. The number of amides is 1. The van der Waals surface area contributed by atoms with Crippen LogP contribution in [-0.2, 0) is 0 Å². The van der Waals surface area contributed by atoms with Crippen molar-refractivity contribution in [1.29, 1.82) is 0 Å². The molecule has 2 aromatic rings. The van der Waals surface area contributed by atoms with Crippen molar-refractivity contribution in [2.24, 2.45) is 0 Å². The van der Waals surface area contributed by atoms with Gasteiger partial charge in [-0.2, -0.15) is 20.4 Å². The van der Waals surface area contributed by atoms with E-state index in [0.717, 1.165) is 0 Å². The van der Waals surface area contributed by atoms with Gasteiger partial charge in [0.2, 0.25) is 5.95 Å². The quantitative estimate of drug-likeness (QED) is 0.607. The van der Waals surface area contributed by atoms with Crippen molar-refractivity contribution < 1.29 is 9.53 Å². The van der Waals surface area contributed by atoms with Crippen molar-refractivity contribution in [3.8, 4) is 6.01 Å². The molecule has 2 rings (SSSR count). The molecule has 0 aliphatic carbocycles. The number of H-pyrrole nitrogens is 2. The molecule has 0 saturated heterocycles. The zero-order valence-electron chi connectivity index (χ0n) is 7.68. The molecule has 0 fully saturated rings. The van der Waals surface area contributed by atoms with E-state index in [2.05, 4.69) is 35.9 Å². The maximum Gasteiger partial charge on any atom is 0.336 e. The van der Waals surface area contributed by atoms with Crippen molar-refractivity contribution in [2.75, 3.05) is 12.4 Å². The summed E-state index contributed by atoms with van der Waals surface area (Å²) in [5.74, 6) is -0.262. The minimum atomic E-state index is -0.442. The number of aromatic amines is 2. The molecule has 0 aliphatic rings. The van der Waals surface area contributed by atoms with Crippen LogP contribution in [0.3, 0.4) is 0 Å². The van der Waals surface area contributed by atoms with E-state index in [9.17, 15) is 4.79 Å². The average molecular weight is 209 g/mol. The fourth-order valence-corrected chi connectivity index (χ4v) is 0.876. The lowest BCUT2D eigenvalue weighted by Crippen LogP contribution is -2.13. The Balaban J connectivity index is 2.06. The average Bonchev–Trinajstić information content (AvgIpc) is 2.87. The second-order valence-electron chi connectivity index (χ2n) is 2.48. The highest BCUT2D eigenvalue weighted by Gasteiger charge is 2.11. The molecule has 2 heterocycles. The first-order valence-corrected chi connectivity index (χ1v) is 3.93. The molecular weight excluding hydrogens is 202 g/mol. The summed E-state index contributed by atoms with van der Waals surface area (Å²) < 4.78 is 4.73. The van der Waals surface area contributed by atoms with Gasteiger partial charge in [0.15, 0.2) is 5.69 Å². The van der Waals surface area contributed by atoms with Crippen molar-refractivity contribution in [3.05, 3.63) is 11.9 Å². The van der Waals surface area contributed by atoms with Crippen LogP contribution >= 0.6 is 0 Å². The molecule has 78 valence electrons. The number of nitrogens with zero attached hydrogens (tertiary/aromatic N) is 4. The second kappa shape index (κ2) is 3.74. The second-order valence-corrected chi connectivity index (χ2v) is 2.48. The molecule has 3 N–H and O–H groups in total. The molecular formula is C6H7N7O2. The number of carbonyl (C=O) groups excluding carboxylic acids is 1. The molecule has 9 nitrogen and oxygen atoms in total. The number of hydrogen-bond donors (Lipinski definition) is 3. The maximum absolute atomic E-state index is 11.4. The number of rotatable bonds is 3. The van der Waals surface area contributed by atoms with Crippen LogP contribution in [0.15, 0.2) is 6.20 Å². The molecule has 0 spiro atoms. The summed E-state index contributed by atoms with van der Waals surface area (Å²) >= 11 is 0. The van der Waals surface area contributed by atoms with Crippen molar-refractivity contribution in [2.45, 2.75) is 0 Å². The van der Waals surface area contributed by atoms with Crippen molar-refractivity contribution in [1.82, 2.24) is 30.6 Å². The van der Waals surface area contributed by atoms with E-state index in [1.165, 1.54) is 13.3 Å². The van der Waals surface area contributed by atoms with Crippen molar-refractivity contribution >= 4 is 11.9 Å². The standard InChI is InChI=1S/C6H7N7O2/c1-15-6-9-5(11-12-6)8-4(14)3-2-7-13-10-3/h2H,1H3,(H,7,10,13)(H2,8,9,11,12,14). The van der Waals surface area contributed by atoms with Crippen LogP contribution in [0.4, 0.5) is 5.95 Å². The molecule has 0 saturated carbocycles. The highest BCUT2D eigenvalue weighted by atomic mass is 16.5. The highest BCUT2D eigenvalue weighted by Crippen LogP contribution is 2.05. The molecule has 9 heteroatoms. The lowest BCUT2D eigenvalue weighted by Gasteiger charge is -1.95. The summed E-state index contributed by atoms with van der Waals surface area (Å²) in [7, 11) is 1.42. The molecule has 1 amide bonds. The minimum absolute atomic E-state index is 0.144. The first-order chi connectivity index (χ1) is 7.29. The third kappa shape index (κ3) is 1.90. The van der Waals surface area contributed by atoms with Crippen LogP contribution in [0.2, 0.25) is 0 Å². The molecule has 15 heavy (non-hydrogen) atoms. The van der Waals surface area contributed by atoms with Gasteiger partial charge in [-0.1, -0.05) is 0 Å². The van der Waals surface area contributed by atoms with Gasteiger partial charge in [0, 0.05) is 0 Å². The van der Waals surface area contributed by atoms with Crippen LogP contribution in [0, 0.1) is 0 Å². The topological polar surface area (TPSA) is 121 Å². The van der Waals surface area contributed by atoms with E-state index in [0.29, 0.717) is 0 Å². The number of methoxy groups -OCH3 is 1. The van der Waals surface area contributed by atoms with Crippen LogP contribution in [0.5, 0.6) is 6.01 Å². The largest absolute Gasteiger partial charge is 0.466 e. The van der Waals surface area contributed by atoms with E-state index >= 15 is 0 Å². The van der Waals surface area contributed by atoms with Gasteiger partial charge < -0.3 is 4.74 Å². The smallest absolute Gasteiger partial charge is 0.336 e. The predicted octanol–water partition coefficient (Wildman–Crippen LogP) is -0.816. The van der Waals surface area contributed by atoms with Crippen LogP contribution in [-0.4, -0.2) is 43.6 Å². The summed E-state index contributed by atoms with van der Waals surface area (Å²) in [5.41, 5.74) is 0.158. The summed E-state index contributed by atoms with van der Waals surface area (Å²) in [6, 6.07) is 0.144. The lowest BCUT2D eigenvalue weighted by molar-refractivity contribution is 0.102. The molecule has 0 aromatic carbocycles. The summed E-state index contributed by atoms with van der Waals surface area (Å²) in [6.07, 6.45) is 1.29. The van der Waals surface area contributed by atoms with E-state index < -0.39 is 5.91 Å². The SMILES string of the molecule is COc1n[nH]c(NC(=O)c2cn[nH]n2)n1. The number of nitrogens with one attached hydrogen (secondary N) is 3. The Morgan fingerprint density at radius 1 is 1.53 bits per heavy atom. The van der Waals surface area contributed by atoms with Gasteiger partial charge in [-0.05, 0) is 0 Å². The zero-order chi connectivity index (χ0) is 10.7. The Hall–Kier alpha value is -2.45. The van der Waals surface area contributed by atoms with Gasteiger partial charge in [-0.25, -0.2) is 5.10 Å². The Kier molecular flexibility index (Phi) is 2.27. The summed E-state index contributed by atoms with van der Waals surface area (Å²) in [4.78, 5) is 15.2. The first kappa shape index (κ1) is 9.12. The molecule has 0 unspecified atom stereocenters. The van der Waals surface area contributed by atoms with E-state index in [1.54, 1.807) is 0 Å². The molecule has 0 radical (unpaired) electrons. The zero-order valence-corrected chi connectivity index (χ0v) is 7.68. The Morgan fingerprint density at radius 2 is 2.40 bits per heavy atom. The normalized spacial score (nSPS) is 9.93. The molecule has 2 aromatic heterocycles. The van der Waals surface area contributed by atoms with E-state index in [-0.39, 0.29) is 17.7 Å². The van der Waals surface area contributed by atoms with Gasteiger partial charge in [-0.3, -0.25) is 10.1 Å². The molecule has 0 aliphatic heterocycles. The van der Waals surface area contributed by atoms with Crippen LogP contribution in [0.1, 0.15) is 10.5 Å². The fraction of sp³-hybridized carbons (Fsp3) is 0.167. The monoisotopic (exact) mass is 209 g/mol. The third-order valence-electron chi connectivity index (χ3n) is 1.53. The highest BCUT2D eigenvalue weighted by molar-refractivity contribution is 6.01. The Labute approximate surface area is 83.2 Å². The third-order valence-corrected chi connectivity index (χ3v) is 1.53. The lowest BCUT2D eigenvalue weighted by atomic mass is 10.4. The first-order valence-electron chi connectivity index (χ1n) is 3.93.